The number of benzene rings is 2. The maximum Gasteiger partial charge on any atom is 0.264 e. The van der Waals surface area contributed by atoms with E-state index in [0.29, 0.717) is 59.7 Å². The van der Waals surface area contributed by atoms with Crippen LogP contribution >= 0.6 is 0 Å². The third-order valence-electron chi connectivity index (χ3n) is 6.55. The van der Waals surface area contributed by atoms with Crippen molar-refractivity contribution in [3.8, 4) is 0 Å². The first-order valence-electron chi connectivity index (χ1n) is 11.8. The third kappa shape index (κ3) is 5.78. The van der Waals surface area contributed by atoms with E-state index in [4.69, 9.17) is 11.1 Å². The first kappa shape index (κ1) is 26.2. The number of carbonyl (C=O) groups excluding carboxylic acids is 1. The number of sulfonamides is 1. The lowest BCUT2D eigenvalue weighted by Crippen LogP contribution is -2.47. The number of fused-ring (bicyclic) bond motifs is 1. The van der Waals surface area contributed by atoms with Crippen molar-refractivity contribution in [3.63, 3.8) is 0 Å². The smallest absolute Gasteiger partial charge is 0.264 e. The Bertz CT molecular complexity index is 1470. The molecule has 1 saturated heterocycles. The lowest BCUT2D eigenvalue weighted by atomic mass is 9.83. The molecule has 3 aromatic rings. The predicted octanol–water partition coefficient (Wildman–Crippen LogP) is 3.06. The summed E-state index contributed by atoms with van der Waals surface area (Å²) in [5.41, 5.74) is 7.81. The Labute approximate surface area is 215 Å². The Morgan fingerprint density at radius 3 is 2.38 bits per heavy atom. The molecule has 2 heterocycles. The molecule has 0 saturated carbocycles. The fraction of sp³-hybridized carbons (Fsp3) is 0.308. The van der Waals surface area contributed by atoms with Crippen molar-refractivity contribution in [1.29, 1.82) is 5.41 Å². The van der Waals surface area contributed by atoms with Crippen LogP contribution in [0.25, 0.3) is 11.0 Å². The first-order chi connectivity index (χ1) is 17.5. The normalized spacial score (nSPS) is 16.2. The summed E-state index contributed by atoms with van der Waals surface area (Å²) >= 11 is 0. The summed E-state index contributed by atoms with van der Waals surface area (Å²) in [7, 11) is -3.93. The molecule has 5 N–H and O–H groups in total. The van der Waals surface area contributed by atoms with Crippen molar-refractivity contribution in [2.24, 2.45) is 5.73 Å². The predicted molar refractivity (Wildman–Crippen MR) is 142 cm³/mol. The molecule has 11 heteroatoms. The summed E-state index contributed by atoms with van der Waals surface area (Å²) in [4.78, 5) is 23.0. The van der Waals surface area contributed by atoms with Crippen LogP contribution in [0.1, 0.15) is 43.5 Å². The van der Waals surface area contributed by atoms with E-state index in [1.807, 2.05) is 0 Å². The highest BCUT2D eigenvalue weighted by atomic mass is 32.2. The van der Waals surface area contributed by atoms with E-state index < -0.39 is 15.6 Å². The van der Waals surface area contributed by atoms with E-state index in [2.05, 4.69) is 14.7 Å². The number of allylic oxidation sites excluding steroid dienone is 1. The number of aliphatic hydroxyl groups is 1. The lowest BCUT2D eigenvalue weighted by molar-refractivity contribution is -0.0154. The standard InChI is InChI=1S/C26H30N6O4S/c1-17(27)21(18(2)28)16-26(34)10-14-32(15-11-26)25(33)19-6-8-20(9-7-19)31-37(35,36)23-5-3-4-22-24(23)30-13-12-29-22/h3-9,12-13,27,31,34H,10-11,14-16,28H2,1-2H3. The molecule has 1 amide bonds. The van der Waals surface area contributed by atoms with Gasteiger partial charge in [-0.15, -0.1) is 0 Å². The maximum atomic E-state index is 13.0. The van der Waals surface area contributed by atoms with Crippen LogP contribution in [0.15, 0.2) is 71.0 Å². The van der Waals surface area contributed by atoms with Gasteiger partial charge in [0.1, 0.15) is 10.4 Å². The number of aromatic nitrogens is 2. The Morgan fingerprint density at radius 2 is 1.76 bits per heavy atom. The number of para-hydroxylation sites is 1. The Balaban J connectivity index is 1.42. The van der Waals surface area contributed by atoms with E-state index in [1.165, 1.54) is 30.6 Å². The second kappa shape index (κ2) is 10.3. The molecule has 0 unspecified atom stereocenters. The average Bonchev–Trinajstić information content (AvgIpc) is 2.87. The molecule has 4 rings (SSSR count). The molecule has 0 radical (unpaired) electrons. The van der Waals surface area contributed by atoms with Gasteiger partial charge >= 0.3 is 0 Å². The topological polar surface area (TPSA) is 162 Å². The van der Waals surface area contributed by atoms with Crippen LogP contribution in [0.2, 0.25) is 0 Å². The van der Waals surface area contributed by atoms with Crippen molar-refractivity contribution >= 4 is 38.4 Å². The van der Waals surface area contributed by atoms with Gasteiger partial charge in [0.25, 0.3) is 15.9 Å². The van der Waals surface area contributed by atoms with Crippen LogP contribution in [0.4, 0.5) is 5.69 Å². The Hall–Kier alpha value is -3.83. The zero-order valence-corrected chi connectivity index (χ0v) is 21.5. The van der Waals surface area contributed by atoms with Crippen LogP contribution in [0.3, 0.4) is 0 Å². The average molecular weight is 523 g/mol. The fourth-order valence-corrected chi connectivity index (χ4v) is 5.68. The lowest BCUT2D eigenvalue weighted by Gasteiger charge is -2.39. The molecule has 0 atom stereocenters. The number of nitrogens with two attached hydrogens (primary N) is 1. The number of piperidine rings is 1. The number of carbonyl (C=O) groups is 1. The molecular formula is C26H30N6O4S. The number of amides is 1. The highest BCUT2D eigenvalue weighted by molar-refractivity contribution is 7.93. The van der Waals surface area contributed by atoms with Crippen LogP contribution in [-0.4, -0.2) is 58.7 Å². The van der Waals surface area contributed by atoms with Crippen molar-refractivity contribution in [2.75, 3.05) is 17.8 Å². The van der Waals surface area contributed by atoms with Crippen molar-refractivity contribution < 1.29 is 18.3 Å². The van der Waals surface area contributed by atoms with E-state index >= 15 is 0 Å². The molecule has 2 aromatic carbocycles. The van der Waals surface area contributed by atoms with Gasteiger partial charge in [0.15, 0.2) is 0 Å². The SMILES string of the molecule is CC(=N)C(CC1(O)CCN(C(=O)c2ccc(NS(=O)(=O)c3cccc4nccnc34)cc2)CC1)=C(C)N. The number of rotatable bonds is 7. The van der Waals surface area contributed by atoms with Crippen LogP contribution in [0.5, 0.6) is 0 Å². The number of nitrogens with one attached hydrogen (secondary N) is 2. The third-order valence-corrected chi connectivity index (χ3v) is 7.96. The first-order valence-corrected chi connectivity index (χ1v) is 13.3. The maximum absolute atomic E-state index is 13.0. The minimum absolute atomic E-state index is 0.0140. The van der Waals surface area contributed by atoms with Gasteiger partial charge in [0.05, 0.1) is 11.1 Å². The van der Waals surface area contributed by atoms with Gasteiger partial charge in [-0.05, 0) is 68.7 Å². The van der Waals surface area contributed by atoms with Gasteiger partial charge in [-0.2, -0.15) is 0 Å². The number of hydrogen-bond acceptors (Lipinski definition) is 8. The molecule has 1 aliphatic rings. The molecule has 1 aromatic heterocycles. The molecule has 10 nitrogen and oxygen atoms in total. The minimum Gasteiger partial charge on any atom is -0.402 e. The van der Waals surface area contributed by atoms with Crippen LogP contribution < -0.4 is 10.5 Å². The summed E-state index contributed by atoms with van der Waals surface area (Å²) in [6, 6.07) is 11.0. The number of likely N-dealkylation sites (tertiary alicyclic amines) is 1. The highest BCUT2D eigenvalue weighted by Crippen LogP contribution is 2.31. The molecule has 1 fully saturated rings. The van der Waals surface area contributed by atoms with Gasteiger partial charge in [0, 0.05) is 54.6 Å². The molecule has 0 bridgehead atoms. The summed E-state index contributed by atoms with van der Waals surface area (Å²) in [5.74, 6) is -0.199. The van der Waals surface area contributed by atoms with Crippen LogP contribution in [-0.2, 0) is 10.0 Å². The van der Waals surface area contributed by atoms with E-state index in [9.17, 15) is 18.3 Å². The van der Waals surface area contributed by atoms with Gasteiger partial charge in [-0.25, -0.2) is 8.42 Å². The van der Waals surface area contributed by atoms with E-state index in [-0.39, 0.29) is 22.7 Å². The van der Waals surface area contributed by atoms with Gasteiger partial charge < -0.3 is 21.1 Å². The largest absolute Gasteiger partial charge is 0.402 e. The molecule has 1 aliphatic heterocycles. The van der Waals surface area contributed by atoms with Gasteiger partial charge in [-0.1, -0.05) is 6.07 Å². The fourth-order valence-electron chi connectivity index (χ4n) is 4.46. The summed E-state index contributed by atoms with van der Waals surface area (Å²) < 4.78 is 28.5. The minimum atomic E-state index is -3.93. The highest BCUT2D eigenvalue weighted by Gasteiger charge is 2.35. The second-order valence-corrected chi connectivity index (χ2v) is 11.0. The summed E-state index contributed by atoms with van der Waals surface area (Å²) in [5, 5.41) is 18.9. The number of hydrogen-bond donors (Lipinski definition) is 4. The van der Waals surface area contributed by atoms with Gasteiger partial charge in [0.2, 0.25) is 0 Å². The van der Waals surface area contributed by atoms with Crippen molar-refractivity contribution in [2.45, 2.75) is 43.6 Å². The quantitative estimate of drug-likeness (QED) is 0.347. The monoisotopic (exact) mass is 522 g/mol. The molecule has 37 heavy (non-hydrogen) atoms. The van der Waals surface area contributed by atoms with Crippen LogP contribution in [0, 0.1) is 5.41 Å². The van der Waals surface area contributed by atoms with Crippen molar-refractivity contribution in [1.82, 2.24) is 14.9 Å². The zero-order chi connectivity index (χ0) is 26.8. The Morgan fingerprint density at radius 1 is 1.11 bits per heavy atom. The zero-order valence-electron chi connectivity index (χ0n) is 20.7. The molecule has 194 valence electrons. The van der Waals surface area contributed by atoms with Gasteiger partial charge in [-0.3, -0.25) is 19.5 Å². The molecule has 0 spiro atoms. The Kier molecular flexibility index (Phi) is 7.28. The summed E-state index contributed by atoms with van der Waals surface area (Å²) in [6.45, 7) is 4.09. The second-order valence-electron chi connectivity index (χ2n) is 9.34. The van der Waals surface area contributed by atoms with E-state index in [1.54, 1.807) is 43.0 Å². The van der Waals surface area contributed by atoms with E-state index in [0.717, 1.165) is 0 Å². The van der Waals surface area contributed by atoms with Crippen molar-refractivity contribution in [3.05, 3.63) is 71.7 Å². The number of anilines is 1. The molecular weight excluding hydrogens is 492 g/mol. The number of nitrogens with zero attached hydrogens (tertiary/aromatic N) is 3. The summed E-state index contributed by atoms with van der Waals surface area (Å²) in [6.07, 6.45) is 3.96. The molecule has 0 aliphatic carbocycles.